The smallest absolute Gasteiger partial charge is 0.119 e. The van der Waals surface area contributed by atoms with Gasteiger partial charge < -0.3 is 9.64 Å². The predicted octanol–water partition coefficient (Wildman–Crippen LogP) is 3.89. The lowest BCUT2D eigenvalue weighted by atomic mass is 10.1. The maximum atomic E-state index is 5.78. The molecule has 1 saturated heterocycles. The highest BCUT2D eigenvalue weighted by molar-refractivity contribution is 5.56. The molecule has 128 valence electrons. The van der Waals surface area contributed by atoms with Crippen molar-refractivity contribution in [1.29, 1.82) is 0 Å². The molecule has 0 spiro atoms. The van der Waals surface area contributed by atoms with Crippen LogP contribution in [0, 0.1) is 13.8 Å². The van der Waals surface area contributed by atoms with Gasteiger partial charge in [0.25, 0.3) is 0 Å². The van der Waals surface area contributed by atoms with Crippen LogP contribution in [-0.4, -0.2) is 44.2 Å². The van der Waals surface area contributed by atoms with E-state index in [0.717, 1.165) is 51.5 Å². The summed E-state index contributed by atoms with van der Waals surface area (Å²) in [6.45, 7) is 10.8. The van der Waals surface area contributed by atoms with E-state index < -0.39 is 0 Å². The van der Waals surface area contributed by atoms with Gasteiger partial charge in [0.15, 0.2) is 0 Å². The van der Waals surface area contributed by atoms with Gasteiger partial charge in [0.05, 0.1) is 6.61 Å². The van der Waals surface area contributed by atoms with Gasteiger partial charge in [-0.1, -0.05) is 30.3 Å². The minimum atomic E-state index is 0.793. The second-order valence-electron chi connectivity index (χ2n) is 6.56. The average molecular weight is 324 g/mol. The maximum Gasteiger partial charge on any atom is 0.119 e. The second-order valence-corrected chi connectivity index (χ2v) is 6.56. The van der Waals surface area contributed by atoms with Gasteiger partial charge >= 0.3 is 0 Å². The third kappa shape index (κ3) is 4.30. The van der Waals surface area contributed by atoms with Crippen LogP contribution in [0.2, 0.25) is 0 Å². The molecule has 0 N–H and O–H groups in total. The molecule has 3 rings (SSSR count). The number of rotatable bonds is 6. The highest BCUT2D eigenvalue weighted by atomic mass is 16.5. The van der Waals surface area contributed by atoms with E-state index in [-0.39, 0.29) is 0 Å². The molecular formula is C21H28N2O. The Bertz CT molecular complexity index is 634. The summed E-state index contributed by atoms with van der Waals surface area (Å²) in [4.78, 5) is 5.08. The zero-order valence-corrected chi connectivity index (χ0v) is 14.9. The van der Waals surface area contributed by atoms with Crippen molar-refractivity contribution in [3.05, 3.63) is 59.7 Å². The Labute approximate surface area is 145 Å². The van der Waals surface area contributed by atoms with Crippen LogP contribution in [0.15, 0.2) is 48.5 Å². The molecule has 1 aliphatic heterocycles. The van der Waals surface area contributed by atoms with Crippen molar-refractivity contribution in [3.8, 4) is 5.75 Å². The Morgan fingerprint density at radius 1 is 0.875 bits per heavy atom. The van der Waals surface area contributed by atoms with Crippen molar-refractivity contribution < 1.29 is 4.74 Å². The number of hydrogen-bond acceptors (Lipinski definition) is 3. The summed E-state index contributed by atoms with van der Waals surface area (Å²) in [5.41, 5.74) is 4.21. The van der Waals surface area contributed by atoms with Crippen molar-refractivity contribution in [2.24, 2.45) is 0 Å². The largest absolute Gasteiger partial charge is 0.494 e. The minimum absolute atomic E-state index is 0.793. The van der Waals surface area contributed by atoms with Gasteiger partial charge in [0, 0.05) is 38.4 Å². The van der Waals surface area contributed by atoms with Crippen LogP contribution in [0.5, 0.6) is 5.75 Å². The molecule has 1 fully saturated rings. The number of anilines is 1. The quantitative estimate of drug-likeness (QED) is 0.750. The standard InChI is InChI=1S/C21H28N2O/c1-18-8-6-11-21(19(18)2)23-15-13-22(14-16-23)12-7-17-24-20-9-4-3-5-10-20/h3-6,8-11H,7,12-17H2,1-2H3. The van der Waals surface area contributed by atoms with E-state index >= 15 is 0 Å². The molecule has 1 heterocycles. The topological polar surface area (TPSA) is 15.7 Å². The van der Waals surface area contributed by atoms with Crippen LogP contribution < -0.4 is 9.64 Å². The van der Waals surface area contributed by atoms with Crippen LogP contribution in [-0.2, 0) is 0 Å². The Hall–Kier alpha value is -2.00. The molecule has 0 aromatic heterocycles. The Morgan fingerprint density at radius 2 is 1.62 bits per heavy atom. The molecule has 1 aliphatic rings. The van der Waals surface area contributed by atoms with Crippen LogP contribution >= 0.6 is 0 Å². The zero-order valence-electron chi connectivity index (χ0n) is 14.9. The summed E-state index contributed by atoms with van der Waals surface area (Å²) in [6, 6.07) is 16.7. The summed E-state index contributed by atoms with van der Waals surface area (Å²) in [5, 5.41) is 0. The van der Waals surface area contributed by atoms with Gasteiger partial charge in [-0.15, -0.1) is 0 Å². The van der Waals surface area contributed by atoms with Gasteiger partial charge in [0.1, 0.15) is 5.75 Å². The normalized spacial score (nSPS) is 15.5. The van der Waals surface area contributed by atoms with Crippen molar-refractivity contribution in [2.45, 2.75) is 20.3 Å². The lowest BCUT2D eigenvalue weighted by molar-refractivity contribution is 0.224. The molecule has 0 bridgehead atoms. The van der Waals surface area contributed by atoms with Crippen LogP contribution in [0.25, 0.3) is 0 Å². The third-order valence-corrected chi connectivity index (χ3v) is 4.92. The van der Waals surface area contributed by atoms with Crippen molar-refractivity contribution in [1.82, 2.24) is 4.90 Å². The molecule has 2 aromatic carbocycles. The molecule has 0 saturated carbocycles. The summed E-state index contributed by atoms with van der Waals surface area (Å²) in [5.74, 6) is 0.970. The SMILES string of the molecule is Cc1cccc(N2CCN(CCCOc3ccccc3)CC2)c1C. The van der Waals surface area contributed by atoms with Gasteiger partial charge in [0.2, 0.25) is 0 Å². The van der Waals surface area contributed by atoms with E-state index in [1.807, 2.05) is 30.3 Å². The van der Waals surface area contributed by atoms with E-state index in [0.29, 0.717) is 0 Å². The number of ether oxygens (including phenoxy) is 1. The maximum absolute atomic E-state index is 5.78. The molecule has 3 nitrogen and oxygen atoms in total. The number of aryl methyl sites for hydroxylation is 1. The number of para-hydroxylation sites is 1. The fourth-order valence-corrected chi connectivity index (χ4v) is 3.29. The molecule has 3 heteroatoms. The molecule has 2 aromatic rings. The van der Waals surface area contributed by atoms with E-state index in [9.17, 15) is 0 Å². The number of benzene rings is 2. The number of nitrogens with zero attached hydrogens (tertiary/aromatic N) is 2. The first-order valence-electron chi connectivity index (χ1n) is 8.95. The van der Waals surface area contributed by atoms with Gasteiger partial charge in [-0.25, -0.2) is 0 Å². The highest BCUT2D eigenvalue weighted by Gasteiger charge is 2.18. The number of hydrogen-bond donors (Lipinski definition) is 0. The molecule has 0 radical (unpaired) electrons. The minimum Gasteiger partial charge on any atom is -0.494 e. The molecule has 0 amide bonds. The first-order valence-corrected chi connectivity index (χ1v) is 8.95. The molecule has 0 unspecified atom stereocenters. The molecular weight excluding hydrogens is 296 g/mol. The lowest BCUT2D eigenvalue weighted by Gasteiger charge is -2.37. The average Bonchev–Trinajstić information content (AvgIpc) is 2.63. The third-order valence-electron chi connectivity index (χ3n) is 4.92. The molecule has 0 aliphatic carbocycles. The summed E-state index contributed by atoms with van der Waals surface area (Å²) in [6.07, 6.45) is 1.08. The molecule has 24 heavy (non-hydrogen) atoms. The van der Waals surface area contributed by atoms with Crippen molar-refractivity contribution >= 4 is 5.69 Å². The highest BCUT2D eigenvalue weighted by Crippen LogP contribution is 2.23. The fraction of sp³-hybridized carbons (Fsp3) is 0.429. The van der Waals surface area contributed by atoms with Crippen LogP contribution in [0.1, 0.15) is 17.5 Å². The first-order chi connectivity index (χ1) is 11.7. The van der Waals surface area contributed by atoms with Gasteiger partial charge in [-0.05, 0) is 49.6 Å². The zero-order chi connectivity index (χ0) is 16.8. The van der Waals surface area contributed by atoms with Crippen molar-refractivity contribution in [3.63, 3.8) is 0 Å². The lowest BCUT2D eigenvalue weighted by Crippen LogP contribution is -2.47. The first kappa shape index (κ1) is 16.8. The van der Waals surface area contributed by atoms with Gasteiger partial charge in [-0.2, -0.15) is 0 Å². The summed E-state index contributed by atoms with van der Waals surface area (Å²) < 4.78 is 5.78. The van der Waals surface area contributed by atoms with E-state index in [1.165, 1.54) is 16.8 Å². The Balaban J connectivity index is 1.40. The van der Waals surface area contributed by atoms with Crippen molar-refractivity contribution in [2.75, 3.05) is 44.2 Å². The summed E-state index contributed by atoms with van der Waals surface area (Å²) in [7, 11) is 0. The Morgan fingerprint density at radius 3 is 2.38 bits per heavy atom. The Kier molecular flexibility index (Phi) is 5.76. The van der Waals surface area contributed by atoms with Crippen LogP contribution in [0.4, 0.5) is 5.69 Å². The fourth-order valence-electron chi connectivity index (χ4n) is 3.29. The van der Waals surface area contributed by atoms with E-state index in [4.69, 9.17) is 4.74 Å². The van der Waals surface area contributed by atoms with E-state index in [2.05, 4.69) is 41.8 Å². The predicted molar refractivity (Wildman–Crippen MR) is 101 cm³/mol. The van der Waals surface area contributed by atoms with E-state index in [1.54, 1.807) is 0 Å². The second kappa shape index (κ2) is 8.20. The molecule has 0 atom stereocenters. The monoisotopic (exact) mass is 324 g/mol. The summed E-state index contributed by atoms with van der Waals surface area (Å²) >= 11 is 0. The van der Waals surface area contributed by atoms with Gasteiger partial charge in [-0.3, -0.25) is 4.90 Å². The number of piperazine rings is 1. The van der Waals surface area contributed by atoms with Crippen LogP contribution in [0.3, 0.4) is 0 Å².